The summed E-state index contributed by atoms with van der Waals surface area (Å²) in [5, 5.41) is 46.5. The molecule has 7 N–H and O–H groups in total. The lowest BCUT2D eigenvalue weighted by Gasteiger charge is -2.43. The largest absolute Gasteiger partial charge is 0.390 e. The van der Waals surface area contributed by atoms with Crippen molar-refractivity contribution in [2.24, 2.45) is 5.73 Å². The topological polar surface area (TPSA) is 127 Å². The van der Waals surface area contributed by atoms with Crippen LogP contribution in [-0.2, 0) is 0 Å². The highest BCUT2D eigenvalue weighted by Gasteiger charge is 2.50. The van der Waals surface area contributed by atoms with E-state index in [0.717, 1.165) is 0 Å². The molecule has 0 unspecified atom stereocenters. The van der Waals surface area contributed by atoms with Gasteiger partial charge in [0.1, 0.15) is 23.9 Å². The van der Waals surface area contributed by atoms with Gasteiger partial charge in [0.05, 0.1) is 6.10 Å². The first-order valence-corrected chi connectivity index (χ1v) is 4.07. The van der Waals surface area contributed by atoms with E-state index in [9.17, 15) is 20.4 Å². The summed E-state index contributed by atoms with van der Waals surface area (Å²) >= 11 is 0. The third-order valence-corrected chi connectivity index (χ3v) is 2.53. The lowest BCUT2D eigenvalue weighted by Crippen LogP contribution is -2.65. The van der Waals surface area contributed by atoms with Crippen LogP contribution in [-0.4, -0.2) is 62.1 Å². The van der Waals surface area contributed by atoms with E-state index in [0.29, 0.717) is 0 Å². The average molecular weight is 193 g/mol. The number of rotatable bonds is 1. The summed E-state index contributed by atoms with van der Waals surface area (Å²) in [6.45, 7) is -0.283. The van der Waals surface area contributed by atoms with E-state index < -0.39 is 30.0 Å². The first-order valence-electron chi connectivity index (χ1n) is 4.07. The van der Waals surface area contributed by atoms with Crippen molar-refractivity contribution in [3.05, 3.63) is 0 Å². The maximum Gasteiger partial charge on any atom is 0.112 e. The Kier molecular flexibility index (Phi) is 2.91. The summed E-state index contributed by atoms with van der Waals surface area (Å²) in [5.74, 6) is 0. The molecule has 1 fully saturated rings. The van der Waals surface area contributed by atoms with Crippen molar-refractivity contribution in [3.8, 4) is 0 Å². The maximum absolute atomic E-state index is 9.60. The molecule has 0 saturated heterocycles. The molecule has 0 amide bonds. The Morgan fingerprint density at radius 2 is 1.69 bits per heavy atom. The fourth-order valence-corrected chi connectivity index (χ4v) is 1.54. The molecular weight excluding hydrogens is 178 g/mol. The van der Waals surface area contributed by atoms with E-state index in [1.165, 1.54) is 0 Å². The highest BCUT2D eigenvalue weighted by molar-refractivity contribution is 5.02. The molecule has 0 aromatic heterocycles. The molecule has 0 aliphatic heterocycles. The Morgan fingerprint density at radius 1 is 1.15 bits per heavy atom. The summed E-state index contributed by atoms with van der Waals surface area (Å²) in [4.78, 5) is 0. The van der Waals surface area contributed by atoms with Crippen molar-refractivity contribution in [2.45, 2.75) is 36.4 Å². The molecule has 0 heterocycles. The molecule has 6 nitrogen and oxygen atoms in total. The molecule has 5 atom stereocenters. The van der Waals surface area contributed by atoms with Gasteiger partial charge in [-0.2, -0.15) is 0 Å². The normalized spacial score (nSPS) is 52.2. The second kappa shape index (κ2) is 3.49. The van der Waals surface area contributed by atoms with E-state index in [4.69, 9.17) is 10.8 Å². The third-order valence-electron chi connectivity index (χ3n) is 2.53. The molecular formula is C7H15NO5. The number of hydrogen-bond acceptors (Lipinski definition) is 6. The molecule has 1 saturated carbocycles. The van der Waals surface area contributed by atoms with Gasteiger partial charge >= 0.3 is 0 Å². The standard InChI is InChI=1S/C7H15NO5/c8-2-7(13)1-3(9)4(10)5(11)6(7)12/h3-6,9-13H,1-2,8H2/t3-,4+,5-,6-,7+/m1/s1. The molecule has 0 aromatic carbocycles. The van der Waals surface area contributed by atoms with Gasteiger partial charge in [0.15, 0.2) is 0 Å². The van der Waals surface area contributed by atoms with Crippen LogP contribution in [0.4, 0.5) is 0 Å². The predicted molar refractivity (Wildman–Crippen MR) is 42.6 cm³/mol. The summed E-state index contributed by atoms with van der Waals surface area (Å²) in [5.41, 5.74) is 3.46. The molecule has 0 aromatic rings. The van der Waals surface area contributed by atoms with E-state index in [-0.39, 0.29) is 13.0 Å². The molecule has 78 valence electrons. The third kappa shape index (κ3) is 1.69. The van der Waals surface area contributed by atoms with Crippen molar-refractivity contribution in [2.75, 3.05) is 6.54 Å². The van der Waals surface area contributed by atoms with E-state index in [1.807, 2.05) is 0 Å². The monoisotopic (exact) mass is 193 g/mol. The van der Waals surface area contributed by atoms with Crippen LogP contribution < -0.4 is 5.73 Å². The lowest BCUT2D eigenvalue weighted by atomic mass is 9.77. The summed E-state index contributed by atoms with van der Waals surface area (Å²) in [6, 6.07) is 0. The highest BCUT2D eigenvalue weighted by Crippen LogP contribution is 2.28. The van der Waals surface area contributed by atoms with Crippen LogP contribution in [0.15, 0.2) is 0 Å². The lowest BCUT2D eigenvalue weighted by molar-refractivity contribution is -0.214. The smallest absolute Gasteiger partial charge is 0.112 e. The zero-order chi connectivity index (χ0) is 10.2. The van der Waals surface area contributed by atoms with Crippen LogP contribution in [0.2, 0.25) is 0 Å². The van der Waals surface area contributed by atoms with Gasteiger partial charge in [-0.3, -0.25) is 0 Å². The number of aliphatic hydroxyl groups is 5. The summed E-state index contributed by atoms with van der Waals surface area (Å²) in [6.07, 6.45) is -6.06. The van der Waals surface area contributed by atoms with Crippen molar-refractivity contribution in [1.82, 2.24) is 0 Å². The number of aliphatic hydroxyl groups excluding tert-OH is 4. The van der Waals surface area contributed by atoms with Crippen LogP contribution in [0.1, 0.15) is 6.42 Å². The SMILES string of the molecule is NC[C@@]1(O)C[C@@H](O)[C@H](O)[C@@H](O)[C@H]1O. The minimum Gasteiger partial charge on any atom is -0.390 e. The number of nitrogens with two attached hydrogens (primary N) is 1. The molecule has 0 spiro atoms. The van der Waals surface area contributed by atoms with Crippen LogP contribution in [0.3, 0.4) is 0 Å². The van der Waals surface area contributed by atoms with Crippen molar-refractivity contribution in [1.29, 1.82) is 0 Å². The molecule has 1 rings (SSSR count). The van der Waals surface area contributed by atoms with E-state index >= 15 is 0 Å². The van der Waals surface area contributed by atoms with Gasteiger partial charge in [0.25, 0.3) is 0 Å². The highest BCUT2D eigenvalue weighted by atomic mass is 16.4. The minimum absolute atomic E-state index is 0.247. The molecule has 1 aliphatic rings. The summed E-state index contributed by atoms with van der Waals surface area (Å²) < 4.78 is 0. The van der Waals surface area contributed by atoms with Gasteiger partial charge in [-0.05, 0) is 0 Å². The maximum atomic E-state index is 9.60. The van der Waals surface area contributed by atoms with E-state index in [2.05, 4.69) is 0 Å². The Balaban J connectivity index is 2.82. The van der Waals surface area contributed by atoms with Gasteiger partial charge in [-0.25, -0.2) is 0 Å². The van der Waals surface area contributed by atoms with Gasteiger partial charge in [-0.1, -0.05) is 0 Å². The number of hydrogen-bond donors (Lipinski definition) is 6. The average Bonchev–Trinajstić information content (AvgIpc) is 2.12. The van der Waals surface area contributed by atoms with Crippen molar-refractivity contribution < 1.29 is 25.5 Å². The second-order valence-electron chi connectivity index (χ2n) is 3.51. The van der Waals surface area contributed by atoms with Crippen LogP contribution in [0, 0.1) is 0 Å². The Hall–Kier alpha value is -0.240. The summed E-state index contributed by atoms with van der Waals surface area (Å²) in [7, 11) is 0. The van der Waals surface area contributed by atoms with E-state index in [1.54, 1.807) is 0 Å². The van der Waals surface area contributed by atoms with Crippen LogP contribution in [0.5, 0.6) is 0 Å². The van der Waals surface area contributed by atoms with Crippen molar-refractivity contribution >= 4 is 0 Å². The first kappa shape index (κ1) is 10.8. The van der Waals surface area contributed by atoms with Gasteiger partial charge in [0.2, 0.25) is 0 Å². The zero-order valence-corrected chi connectivity index (χ0v) is 7.04. The fourth-order valence-electron chi connectivity index (χ4n) is 1.54. The zero-order valence-electron chi connectivity index (χ0n) is 7.04. The molecule has 1 aliphatic carbocycles. The van der Waals surface area contributed by atoms with Gasteiger partial charge in [-0.15, -0.1) is 0 Å². The molecule has 0 radical (unpaired) electrons. The Labute approximate surface area is 75.2 Å². The Bertz CT molecular complexity index is 190. The van der Waals surface area contributed by atoms with Crippen molar-refractivity contribution in [3.63, 3.8) is 0 Å². The minimum atomic E-state index is -1.72. The predicted octanol–water partition coefficient (Wildman–Crippen LogP) is -3.48. The van der Waals surface area contributed by atoms with Crippen LogP contribution in [0.25, 0.3) is 0 Å². The first-order chi connectivity index (χ1) is 5.92. The Morgan fingerprint density at radius 3 is 2.15 bits per heavy atom. The second-order valence-corrected chi connectivity index (χ2v) is 3.51. The molecule has 0 bridgehead atoms. The van der Waals surface area contributed by atoms with Crippen LogP contribution >= 0.6 is 0 Å². The van der Waals surface area contributed by atoms with Gasteiger partial charge in [0, 0.05) is 13.0 Å². The molecule has 6 heteroatoms. The molecule has 13 heavy (non-hydrogen) atoms. The fraction of sp³-hybridized carbons (Fsp3) is 1.00. The quantitative estimate of drug-likeness (QED) is 0.257. The van der Waals surface area contributed by atoms with Gasteiger partial charge < -0.3 is 31.3 Å².